The molecule has 2 aromatic heterocycles. The first-order valence-corrected chi connectivity index (χ1v) is 31.3. The lowest BCUT2D eigenvalue weighted by Gasteiger charge is -2.24. The van der Waals surface area contributed by atoms with Gasteiger partial charge >= 0.3 is 24.1 Å². The second kappa shape index (κ2) is 40.7. The van der Waals surface area contributed by atoms with Crippen LogP contribution in [0.3, 0.4) is 0 Å². The minimum absolute atomic E-state index is 0. The fraction of sp³-hybridized carbons (Fsp3) is 0.559. The fourth-order valence-corrected chi connectivity index (χ4v) is 9.64. The van der Waals surface area contributed by atoms with Crippen LogP contribution in [0.1, 0.15) is 197 Å². The number of aliphatic carboxylic acids is 1. The highest BCUT2D eigenvalue weighted by molar-refractivity contribution is 5.93. The highest BCUT2D eigenvalue weighted by Gasteiger charge is 2.34. The molecule has 0 bridgehead atoms. The van der Waals surface area contributed by atoms with Crippen LogP contribution in [0.25, 0.3) is 21.8 Å². The number of nitrogens with one attached hydrogen (secondary N) is 8. The molecule has 4 atom stereocenters. The molecule has 5 aromatic rings. The molecule has 20 nitrogen and oxygen atoms in total. The van der Waals surface area contributed by atoms with Crippen molar-refractivity contribution in [1.29, 1.82) is 0 Å². The number of aromatic amines is 2. The zero-order chi connectivity index (χ0) is 67.3. The molecule has 0 saturated carbocycles. The normalized spacial score (nSPS) is 12.5. The second-order valence-electron chi connectivity index (χ2n) is 24.3. The standard InChI is InChI=1S/C36H45F5N4O6.C30H46N4O6.2CH4/c1-5-6-7-8-9-10-11-16-26(46)44-25(19-21-20-43-23-15-13-12-14-22(21)23)33(47)45-24(17-18-42-35(49)51-36(2,3)4)34(48)50-32-30(40)28(38)27(37)29(39)31(32)41;1-5-6-7-8-9-10-11-16-26(35)33-25(19-21-20-32-23-15-13-12-14-22(21)23)27(36)34-24(28(37)38)17-18-31-29(39)40-30(2,3)4;;/h12-15,20,24-25,43H,5-11,16-19H2,1-4H3,(H,42,49)(H,44,46)(H,45,47);12-15,20,24-25,32H,5-11,16-19H2,1-4H3,(H,31,39)(H,33,35)(H,34,36)(H,37,38);2*1H4. The Morgan fingerprint density at radius 2 is 0.839 bits per heavy atom. The molecule has 9 N–H and O–H groups in total. The Labute approximate surface area is 543 Å². The number of rotatable bonds is 35. The van der Waals surface area contributed by atoms with Crippen molar-refractivity contribution < 1.29 is 79.6 Å². The van der Waals surface area contributed by atoms with Crippen molar-refractivity contribution in [1.82, 2.24) is 41.9 Å². The van der Waals surface area contributed by atoms with Crippen molar-refractivity contribution in [2.75, 3.05) is 13.1 Å². The van der Waals surface area contributed by atoms with Gasteiger partial charge in [-0.25, -0.2) is 32.3 Å². The number of amides is 6. The Bertz CT molecular complexity index is 3170. The first-order valence-electron chi connectivity index (χ1n) is 31.3. The Balaban J connectivity index is 0.000000638. The number of aromatic nitrogens is 2. The van der Waals surface area contributed by atoms with Crippen LogP contribution >= 0.6 is 0 Å². The number of fused-ring (bicyclic) bond motifs is 2. The van der Waals surface area contributed by atoms with Gasteiger partial charge in [-0.05, 0) is 90.5 Å². The number of halogens is 5. The number of carbonyl (C=O) groups excluding carboxylic acids is 7. The van der Waals surface area contributed by atoms with Gasteiger partial charge < -0.3 is 61.2 Å². The van der Waals surface area contributed by atoms with Crippen LogP contribution in [0.15, 0.2) is 60.9 Å². The summed E-state index contributed by atoms with van der Waals surface area (Å²) in [4.78, 5) is 108. The Morgan fingerprint density at radius 1 is 0.484 bits per heavy atom. The number of hydrogen-bond acceptors (Lipinski definition) is 11. The summed E-state index contributed by atoms with van der Waals surface area (Å²) in [6, 6.07) is 9.58. The second-order valence-corrected chi connectivity index (χ2v) is 24.3. The van der Waals surface area contributed by atoms with Crippen molar-refractivity contribution in [3.8, 4) is 5.75 Å². The minimum atomic E-state index is -2.46. The van der Waals surface area contributed by atoms with Crippen molar-refractivity contribution in [2.24, 2.45) is 0 Å². The van der Waals surface area contributed by atoms with E-state index < -0.39 is 118 Å². The van der Waals surface area contributed by atoms with E-state index in [0.29, 0.717) is 18.4 Å². The number of ether oxygens (including phenoxy) is 3. The molecule has 0 aliphatic heterocycles. The van der Waals surface area contributed by atoms with E-state index in [1.165, 1.54) is 19.3 Å². The molecular formula is C68H99F5N8O12. The van der Waals surface area contributed by atoms with Crippen molar-refractivity contribution in [3.63, 3.8) is 0 Å². The topological polar surface area (TPSA) is 288 Å². The predicted octanol–water partition coefficient (Wildman–Crippen LogP) is 13.1. The van der Waals surface area contributed by atoms with Gasteiger partial charge in [0.05, 0.1) is 0 Å². The van der Waals surface area contributed by atoms with Crippen LogP contribution in [-0.2, 0) is 51.1 Å². The van der Waals surface area contributed by atoms with Crippen molar-refractivity contribution >= 4 is 69.6 Å². The van der Waals surface area contributed by atoms with Crippen molar-refractivity contribution in [2.45, 2.75) is 234 Å². The van der Waals surface area contributed by atoms with Crippen LogP contribution in [0, 0.1) is 29.1 Å². The van der Waals surface area contributed by atoms with E-state index in [0.717, 1.165) is 91.6 Å². The molecule has 518 valence electrons. The molecule has 0 radical (unpaired) electrons. The molecule has 0 aliphatic rings. The van der Waals surface area contributed by atoms with Crippen LogP contribution in [0.5, 0.6) is 5.75 Å². The van der Waals surface area contributed by atoms with Gasteiger partial charge in [0.2, 0.25) is 58.5 Å². The number of unbranched alkanes of at least 4 members (excludes halogenated alkanes) is 12. The number of hydrogen-bond donors (Lipinski definition) is 9. The number of carbonyl (C=O) groups is 8. The summed E-state index contributed by atoms with van der Waals surface area (Å²) in [5.74, 6) is -18.8. The molecule has 93 heavy (non-hydrogen) atoms. The maximum atomic E-state index is 14.4. The number of carboxylic acids is 1. The number of benzene rings is 3. The highest BCUT2D eigenvalue weighted by Crippen LogP contribution is 2.30. The molecule has 6 amide bonds. The summed E-state index contributed by atoms with van der Waals surface area (Å²) in [6.45, 7) is 13.9. The summed E-state index contributed by atoms with van der Waals surface area (Å²) < 4.78 is 85.1. The molecule has 25 heteroatoms. The first-order chi connectivity index (χ1) is 43.1. The van der Waals surface area contributed by atoms with E-state index in [-0.39, 0.29) is 59.5 Å². The van der Waals surface area contributed by atoms with Gasteiger partial charge in [0.15, 0.2) is 0 Å². The van der Waals surface area contributed by atoms with E-state index in [1.807, 2.05) is 42.5 Å². The third-order valence-corrected chi connectivity index (χ3v) is 14.3. The van der Waals surface area contributed by atoms with Gasteiger partial charge in [-0.15, -0.1) is 0 Å². The predicted molar refractivity (Wildman–Crippen MR) is 348 cm³/mol. The number of esters is 1. The molecule has 0 fully saturated rings. The van der Waals surface area contributed by atoms with Gasteiger partial charge in [-0.3, -0.25) is 19.2 Å². The van der Waals surface area contributed by atoms with E-state index in [1.54, 1.807) is 60.0 Å². The van der Waals surface area contributed by atoms with Crippen LogP contribution in [0.4, 0.5) is 31.5 Å². The van der Waals surface area contributed by atoms with Crippen LogP contribution in [-0.4, -0.2) is 111 Å². The monoisotopic (exact) mass is 1310 g/mol. The van der Waals surface area contributed by atoms with Crippen LogP contribution in [0.2, 0.25) is 0 Å². The molecule has 4 unspecified atom stereocenters. The Kier molecular flexibility index (Phi) is 35.4. The highest BCUT2D eigenvalue weighted by atomic mass is 19.2. The molecule has 0 spiro atoms. The zero-order valence-corrected chi connectivity index (χ0v) is 53.5. The molecule has 5 rings (SSSR count). The van der Waals surface area contributed by atoms with E-state index in [9.17, 15) is 65.4 Å². The summed E-state index contributed by atoms with van der Waals surface area (Å²) in [5.41, 5.74) is 1.58. The third kappa shape index (κ3) is 28.7. The molecule has 2 heterocycles. The molecule has 3 aromatic carbocycles. The summed E-state index contributed by atoms with van der Waals surface area (Å²) in [7, 11) is 0. The summed E-state index contributed by atoms with van der Waals surface area (Å²) in [5, 5.41) is 26.7. The lowest BCUT2D eigenvalue weighted by molar-refractivity contribution is -0.142. The van der Waals surface area contributed by atoms with E-state index in [2.05, 4.69) is 60.5 Å². The molecule has 0 saturated heterocycles. The summed E-state index contributed by atoms with van der Waals surface area (Å²) in [6.07, 6.45) is 16.2. The average molecular weight is 1320 g/mol. The lowest BCUT2D eigenvalue weighted by Crippen LogP contribution is -2.53. The fourth-order valence-electron chi connectivity index (χ4n) is 9.64. The maximum Gasteiger partial charge on any atom is 0.407 e. The quantitative estimate of drug-likeness (QED) is 0.00457. The lowest BCUT2D eigenvalue weighted by atomic mass is 10.0. The van der Waals surface area contributed by atoms with E-state index >= 15 is 0 Å². The number of H-pyrrole nitrogens is 2. The molecular weight excluding hydrogens is 1220 g/mol. The smallest absolute Gasteiger partial charge is 0.407 e. The average Bonchev–Trinajstić information content (AvgIpc) is 1.02. The number of alkyl carbamates (subject to hydrolysis) is 2. The van der Waals surface area contributed by atoms with E-state index in [4.69, 9.17) is 9.47 Å². The summed E-state index contributed by atoms with van der Waals surface area (Å²) >= 11 is 0. The maximum absolute atomic E-state index is 14.4. The van der Waals surface area contributed by atoms with Gasteiger partial charge in [0, 0.05) is 73.0 Å². The minimum Gasteiger partial charge on any atom is -0.480 e. The largest absolute Gasteiger partial charge is 0.480 e. The number of carboxylic acid groups (broad SMARTS) is 1. The van der Waals surface area contributed by atoms with Gasteiger partial charge in [-0.1, -0.05) is 142 Å². The first kappa shape index (κ1) is 80.8. The van der Waals surface area contributed by atoms with Crippen LogP contribution < -0.4 is 36.6 Å². The number of para-hydroxylation sites is 2. The van der Waals surface area contributed by atoms with Gasteiger partial charge in [0.1, 0.15) is 35.4 Å². The third-order valence-electron chi connectivity index (χ3n) is 14.3. The van der Waals surface area contributed by atoms with Crippen molar-refractivity contribution in [3.05, 3.63) is 101 Å². The molecule has 0 aliphatic carbocycles. The van der Waals surface area contributed by atoms with Gasteiger partial charge in [-0.2, -0.15) is 8.78 Å². The zero-order valence-electron chi connectivity index (χ0n) is 53.5. The SMILES string of the molecule is C.C.CCCCCCCCCC(=O)NC(Cc1c[nH]c2ccccc12)C(=O)NC(CCNC(=O)OC(C)(C)C)C(=O)O.CCCCCCCCCC(=O)NC(Cc1c[nH]c2ccccc12)C(=O)NC(CCNC(=O)OC(C)(C)C)C(=O)Oc1c(F)c(F)c(F)c(F)c1F. The Hall–Kier alpha value is -8.25. The Morgan fingerprint density at radius 3 is 1.23 bits per heavy atom. The van der Waals surface area contributed by atoms with Gasteiger partial charge in [0.25, 0.3) is 0 Å².